The Balaban J connectivity index is 1.48. The Morgan fingerprint density at radius 3 is 2.20 bits per heavy atom. The molecule has 2 nitrogen and oxygen atoms in total. The van der Waals surface area contributed by atoms with Crippen molar-refractivity contribution in [1.29, 1.82) is 0 Å². The van der Waals surface area contributed by atoms with Crippen LogP contribution in [-0.2, 0) is 11.0 Å². The lowest BCUT2D eigenvalue weighted by Gasteiger charge is -2.56. The Kier molecular flexibility index (Phi) is 4.06. The van der Waals surface area contributed by atoms with E-state index in [9.17, 15) is 18.0 Å². The molecule has 1 aromatic carbocycles. The van der Waals surface area contributed by atoms with Gasteiger partial charge >= 0.3 is 6.18 Å². The Morgan fingerprint density at radius 1 is 1.12 bits per heavy atom. The van der Waals surface area contributed by atoms with Crippen LogP contribution < -0.4 is 5.32 Å². The van der Waals surface area contributed by atoms with Gasteiger partial charge in [-0.05, 0) is 79.9 Å². The molecule has 0 atom stereocenters. The maximum absolute atomic E-state index is 12.9. The van der Waals surface area contributed by atoms with E-state index in [1.54, 1.807) is 0 Å². The summed E-state index contributed by atoms with van der Waals surface area (Å²) in [5, 5.41) is 2.76. The number of carbonyl (C=O) groups is 1. The standard InChI is InChI=1S/C19H21ClF3NO/c20-15-2-1-14(19(21,22)23)6-16(15)24-17(25)10-18-7-11-3-12(8-18)5-13(4-11)9-18/h1-2,6,11-13H,3-5,7-10H2,(H,24,25). The molecule has 0 radical (unpaired) electrons. The monoisotopic (exact) mass is 371 g/mol. The number of hydrogen-bond donors (Lipinski definition) is 1. The molecule has 0 spiro atoms. The number of halogens is 4. The molecule has 0 heterocycles. The van der Waals surface area contributed by atoms with E-state index in [1.807, 2.05) is 0 Å². The first-order valence-corrected chi connectivity index (χ1v) is 9.27. The first-order valence-electron chi connectivity index (χ1n) is 8.89. The maximum atomic E-state index is 12.9. The van der Waals surface area contributed by atoms with Crippen LogP contribution in [-0.4, -0.2) is 5.91 Å². The highest BCUT2D eigenvalue weighted by Crippen LogP contribution is 2.61. The summed E-state index contributed by atoms with van der Waals surface area (Å²) in [6.07, 6.45) is 3.07. The normalized spacial score (nSPS) is 33.5. The molecule has 25 heavy (non-hydrogen) atoms. The van der Waals surface area contributed by atoms with Crippen molar-refractivity contribution in [2.24, 2.45) is 23.2 Å². The zero-order chi connectivity index (χ0) is 17.8. The molecule has 4 aliphatic rings. The van der Waals surface area contributed by atoms with Crippen LogP contribution in [0.15, 0.2) is 18.2 Å². The fourth-order valence-corrected chi connectivity index (χ4v) is 6.00. The number of carbonyl (C=O) groups excluding carboxylic acids is 1. The van der Waals surface area contributed by atoms with Crippen molar-refractivity contribution in [3.63, 3.8) is 0 Å². The van der Waals surface area contributed by atoms with Gasteiger partial charge in [-0.25, -0.2) is 0 Å². The average molecular weight is 372 g/mol. The number of alkyl halides is 3. The average Bonchev–Trinajstić information content (AvgIpc) is 2.46. The van der Waals surface area contributed by atoms with Crippen molar-refractivity contribution >= 4 is 23.2 Å². The number of benzene rings is 1. The summed E-state index contributed by atoms with van der Waals surface area (Å²) in [6, 6.07) is 3.03. The van der Waals surface area contributed by atoms with Crippen molar-refractivity contribution in [3.05, 3.63) is 28.8 Å². The Morgan fingerprint density at radius 2 is 1.68 bits per heavy atom. The molecule has 1 aromatic rings. The molecule has 136 valence electrons. The summed E-state index contributed by atoms with van der Waals surface area (Å²) in [6.45, 7) is 0. The van der Waals surface area contributed by atoms with E-state index < -0.39 is 11.7 Å². The summed E-state index contributed by atoms with van der Waals surface area (Å²) in [4.78, 5) is 12.6. The molecule has 4 saturated carbocycles. The van der Waals surface area contributed by atoms with Gasteiger partial charge in [0, 0.05) is 6.42 Å². The summed E-state index contributed by atoms with van der Waals surface area (Å²) < 4.78 is 38.6. The molecule has 4 bridgehead atoms. The third-order valence-electron chi connectivity index (χ3n) is 6.27. The Labute approximate surface area is 150 Å². The van der Waals surface area contributed by atoms with E-state index in [4.69, 9.17) is 11.6 Å². The lowest BCUT2D eigenvalue weighted by Crippen LogP contribution is -2.47. The number of anilines is 1. The van der Waals surface area contributed by atoms with E-state index in [-0.39, 0.29) is 22.0 Å². The SMILES string of the molecule is O=C(CC12CC3CC(CC(C3)C1)C2)Nc1cc(C(F)(F)F)ccc1Cl. The van der Waals surface area contributed by atoms with Gasteiger partial charge < -0.3 is 5.32 Å². The smallest absolute Gasteiger partial charge is 0.325 e. The minimum atomic E-state index is -4.45. The molecule has 0 aromatic heterocycles. The summed E-state index contributed by atoms with van der Waals surface area (Å²) in [5.74, 6) is 1.98. The molecular weight excluding hydrogens is 351 g/mol. The number of rotatable bonds is 3. The van der Waals surface area contributed by atoms with Gasteiger partial charge in [-0.3, -0.25) is 4.79 Å². The van der Waals surface area contributed by atoms with E-state index >= 15 is 0 Å². The topological polar surface area (TPSA) is 29.1 Å². The van der Waals surface area contributed by atoms with Gasteiger partial charge in [0.2, 0.25) is 5.91 Å². The molecule has 0 unspecified atom stereocenters. The van der Waals surface area contributed by atoms with Crippen LogP contribution in [0.25, 0.3) is 0 Å². The second-order valence-electron chi connectivity index (χ2n) is 8.33. The van der Waals surface area contributed by atoms with Crippen molar-refractivity contribution in [2.45, 2.75) is 51.1 Å². The maximum Gasteiger partial charge on any atom is 0.416 e. The number of nitrogens with one attached hydrogen (secondary N) is 1. The highest BCUT2D eigenvalue weighted by molar-refractivity contribution is 6.33. The van der Waals surface area contributed by atoms with Crippen LogP contribution in [0.2, 0.25) is 5.02 Å². The van der Waals surface area contributed by atoms with Crippen molar-refractivity contribution in [1.82, 2.24) is 0 Å². The molecule has 4 aliphatic carbocycles. The van der Waals surface area contributed by atoms with Crippen LogP contribution in [0, 0.1) is 23.2 Å². The lowest BCUT2D eigenvalue weighted by molar-refractivity contribution is -0.137. The Hall–Kier alpha value is -1.23. The first kappa shape index (κ1) is 17.2. The predicted octanol–water partition coefficient (Wildman–Crippen LogP) is 5.90. The van der Waals surface area contributed by atoms with Gasteiger partial charge in [0.05, 0.1) is 16.3 Å². The van der Waals surface area contributed by atoms with E-state index in [2.05, 4.69) is 5.32 Å². The molecule has 5 rings (SSSR count). The highest BCUT2D eigenvalue weighted by atomic mass is 35.5. The van der Waals surface area contributed by atoms with Gasteiger partial charge in [-0.1, -0.05) is 11.6 Å². The zero-order valence-corrected chi connectivity index (χ0v) is 14.6. The third-order valence-corrected chi connectivity index (χ3v) is 6.60. The molecule has 4 fully saturated rings. The van der Waals surface area contributed by atoms with Crippen LogP contribution in [0.5, 0.6) is 0 Å². The van der Waals surface area contributed by atoms with Gasteiger partial charge in [0.1, 0.15) is 0 Å². The third kappa shape index (κ3) is 3.40. The van der Waals surface area contributed by atoms with E-state index in [0.29, 0.717) is 6.42 Å². The summed E-state index contributed by atoms with van der Waals surface area (Å²) in [7, 11) is 0. The molecule has 1 N–H and O–H groups in total. The van der Waals surface area contributed by atoms with E-state index in [1.165, 1.54) is 25.3 Å². The van der Waals surface area contributed by atoms with Crippen LogP contribution >= 0.6 is 11.6 Å². The highest BCUT2D eigenvalue weighted by Gasteiger charge is 2.51. The number of amides is 1. The van der Waals surface area contributed by atoms with Crippen LogP contribution in [0.1, 0.15) is 50.5 Å². The van der Waals surface area contributed by atoms with Crippen molar-refractivity contribution < 1.29 is 18.0 Å². The van der Waals surface area contributed by atoms with Gasteiger partial charge in [-0.15, -0.1) is 0 Å². The fourth-order valence-electron chi connectivity index (χ4n) is 5.84. The first-order chi connectivity index (χ1) is 11.7. The van der Waals surface area contributed by atoms with Crippen LogP contribution in [0.4, 0.5) is 18.9 Å². The second-order valence-corrected chi connectivity index (χ2v) is 8.74. The van der Waals surface area contributed by atoms with Crippen molar-refractivity contribution in [2.75, 3.05) is 5.32 Å². The number of hydrogen-bond acceptors (Lipinski definition) is 1. The molecule has 1 amide bonds. The summed E-state index contributed by atoms with van der Waals surface area (Å²) in [5.41, 5.74) is -0.708. The zero-order valence-electron chi connectivity index (χ0n) is 13.8. The Bertz CT molecular complexity index is 665. The molecule has 0 aliphatic heterocycles. The van der Waals surface area contributed by atoms with Crippen LogP contribution in [0.3, 0.4) is 0 Å². The van der Waals surface area contributed by atoms with E-state index in [0.717, 1.165) is 49.1 Å². The molecular formula is C19H21ClF3NO. The van der Waals surface area contributed by atoms with Gasteiger partial charge in [0.15, 0.2) is 0 Å². The quantitative estimate of drug-likeness (QED) is 0.703. The summed E-state index contributed by atoms with van der Waals surface area (Å²) >= 11 is 5.98. The van der Waals surface area contributed by atoms with Crippen molar-refractivity contribution in [3.8, 4) is 0 Å². The molecule has 6 heteroatoms. The molecule has 0 saturated heterocycles. The van der Waals surface area contributed by atoms with Gasteiger partial charge in [-0.2, -0.15) is 13.2 Å². The second kappa shape index (κ2) is 5.90. The fraction of sp³-hybridized carbons (Fsp3) is 0.632. The van der Waals surface area contributed by atoms with Gasteiger partial charge in [0.25, 0.3) is 0 Å². The predicted molar refractivity (Wildman–Crippen MR) is 90.3 cm³/mol. The minimum Gasteiger partial charge on any atom is -0.325 e. The lowest BCUT2D eigenvalue weighted by atomic mass is 9.49. The minimum absolute atomic E-state index is 0.0474. The largest absolute Gasteiger partial charge is 0.416 e.